The van der Waals surface area contributed by atoms with Crippen LogP contribution in [0.25, 0.3) is 0 Å². The van der Waals surface area contributed by atoms with E-state index in [2.05, 4.69) is 42.8 Å². The number of rotatable bonds is 1. The van der Waals surface area contributed by atoms with Crippen LogP contribution < -0.4 is 4.90 Å². The normalized spacial score (nSPS) is 27.2. The van der Waals surface area contributed by atoms with E-state index in [1.54, 1.807) is 0 Å². The summed E-state index contributed by atoms with van der Waals surface area (Å²) in [6.45, 7) is 11.8. The fourth-order valence-electron chi connectivity index (χ4n) is 3.21. The summed E-state index contributed by atoms with van der Waals surface area (Å²) < 4.78 is 0. The molecule has 1 aromatic rings. The van der Waals surface area contributed by atoms with Crippen LogP contribution in [0.5, 0.6) is 0 Å². The molecule has 1 aromatic heterocycles. The summed E-state index contributed by atoms with van der Waals surface area (Å²) in [5.41, 5.74) is 3.64. The van der Waals surface area contributed by atoms with Crippen LogP contribution in [-0.2, 0) is 0 Å². The molecule has 3 heteroatoms. The minimum atomic E-state index is 0.476. The van der Waals surface area contributed by atoms with E-state index in [0.29, 0.717) is 17.9 Å². The summed E-state index contributed by atoms with van der Waals surface area (Å²) in [7, 11) is 0. The summed E-state index contributed by atoms with van der Waals surface area (Å²) >= 11 is 0. The van der Waals surface area contributed by atoms with Gasteiger partial charge in [0.1, 0.15) is 6.07 Å². The minimum Gasteiger partial charge on any atom is -0.367 e. The van der Waals surface area contributed by atoms with Gasteiger partial charge in [0.15, 0.2) is 0 Å². The molecule has 3 nitrogen and oxygen atoms in total. The van der Waals surface area contributed by atoms with Gasteiger partial charge in [0.05, 0.1) is 16.9 Å². The lowest BCUT2D eigenvalue weighted by Gasteiger charge is -2.43. The zero-order valence-corrected chi connectivity index (χ0v) is 12.6. The number of nitriles is 1. The van der Waals surface area contributed by atoms with Gasteiger partial charge in [-0.3, -0.25) is 4.98 Å². The maximum atomic E-state index is 9.42. The summed E-state index contributed by atoms with van der Waals surface area (Å²) in [5.74, 6) is 1.33. The molecule has 0 aromatic carbocycles. The Balaban J connectivity index is 2.48. The van der Waals surface area contributed by atoms with Crippen molar-refractivity contribution in [2.75, 3.05) is 11.4 Å². The van der Waals surface area contributed by atoms with E-state index in [4.69, 9.17) is 0 Å². The van der Waals surface area contributed by atoms with E-state index in [0.717, 1.165) is 29.2 Å². The van der Waals surface area contributed by atoms with Crippen molar-refractivity contribution in [3.05, 3.63) is 23.0 Å². The highest BCUT2D eigenvalue weighted by molar-refractivity contribution is 5.62. The molecule has 1 aliphatic rings. The summed E-state index contributed by atoms with van der Waals surface area (Å²) in [6, 6.07) is 4.87. The molecule has 0 amide bonds. The molecule has 0 bridgehead atoms. The van der Waals surface area contributed by atoms with Gasteiger partial charge >= 0.3 is 0 Å². The van der Waals surface area contributed by atoms with Crippen LogP contribution in [0.1, 0.15) is 44.1 Å². The van der Waals surface area contributed by atoms with Crippen molar-refractivity contribution in [3.63, 3.8) is 0 Å². The monoisotopic (exact) mass is 257 g/mol. The highest BCUT2D eigenvalue weighted by atomic mass is 15.2. The molecule has 1 fully saturated rings. The lowest BCUT2D eigenvalue weighted by Crippen LogP contribution is -2.46. The molecule has 0 aliphatic carbocycles. The van der Waals surface area contributed by atoms with Crippen molar-refractivity contribution < 1.29 is 0 Å². The Bertz CT molecular complexity index is 515. The number of nitrogens with zero attached hydrogens (tertiary/aromatic N) is 3. The fourth-order valence-corrected chi connectivity index (χ4v) is 3.21. The molecule has 2 heterocycles. The van der Waals surface area contributed by atoms with Gasteiger partial charge in [-0.15, -0.1) is 0 Å². The average Bonchev–Trinajstić information content (AvgIpc) is 2.33. The zero-order chi connectivity index (χ0) is 14.2. The van der Waals surface area contributed by atoms with Gasteiger partial charge in [-0.1, -0.05) is 13.8 Å². The van der Waals surface area contributed by atoms with Crippen LogP contribution >= 0.6 is 0 Å². The second-order valence-electron chi connectivity index (χ2n) is 6.07. The molecular formula is C16H23N3. The van der Waals surface area contributed by atoms with E-state index in [1.807, 2.05) is 13.8 Å². The third kappa shape index (κ3) is 2.58. The highest BCUT2D eigenvalue weighted by Crippen LogP contribution is 2.33. The molecule has 0 N–H and O–H groups in total. The quantitative estimate of drug-likeness (QED) is 0.773. The van der Waals surface area contributed by atoms with E-state index >= 15 is 0 Å². The maximum absolute atomic E-state index is 9.42. The first-order valence-corrected chi connectivity index (χ1v) is 7.09. The van der Waals surface area contributed by atoms with Crippen LogP contribution in [-0.4, -0.2) is 17.6 Å². The first-order valence-electron chi connectivity index (χ1n) is 7.09. The van der Waals surface area contributed by atoms with Gasteiger partial charge in [0.25, 0.3) is 0 Å². The number of anilines is 1. The Morgan fingerprint density at radius 2 is 2.00 bits per heavy atom. The Labute approximate surface area is 116 Å². The summed E-state index contributed by atoms with van der Waals surface area (Å²) in [4.78, 5) is 6.82. The average molecular weight is 257 g/mol. The minimum absolute atomic E-state index is 0.476. The molecule has 0 radical (unpaired) electrons. The van der Waals surface area contributed by atoms with Gasteiger partial charge in [0, 0.05) is 18.3 Å². The van der Waals surface area contributed by atoms with Crippen molar-refractivity contribution in [2.45, 2.75) is 47.1 Å². The third-order valence-corrected chi connectivity index (χ3v) is 4.33. The van der Waals surface area contributed by atoms with Gasteiger partial charge in [-0.25, -0.2) is 0 Å². The van der Waals surface area contributed by atoms with E-state index in [1.165, 1.54) is 6.42 Å². The number of pyridine rings is 1. The second kappa shape index (κ2) is 5.21. The van der Waals surface area contributed by atoms with Crippen molar-refractivity contribution in [2.24, 2.45) is 11.8 Å². The summed E-state index contributed by atoms with van der Waals surface area (Å²) in [6.07, 6.45) is 1.27. The molecule has 0 spiro atoms. The van der Waals surface area contributed by atoms with Crippen LogP contribution in [0.4, 0.5) is 5.69 Å². The lowest BCUT2D eigenvalue weighted by atomic mass is 9.85. The third-order valence-electron chi connectivity index (χ3n) is 4.33. The second-order valence-corrected chi connectivity index (χ2v) is 6.07. The number of aromatic nitrogens is 1. The van der Waals surface area contributed by atoms with Gasteiger partial charge in [-0.05, 0) is 45.1 Å². The van der Waals surface area contributed by atoms with Gasteiger partial charge in [-0.2, -0.15) is 5.26 Å². The smallest absolute Gasteiger partial charge is 0.103 e. The Kier molecular flexibility index (Phi) is 3.80. The largest absolute Gasteiger partial charge is 0.367 e. The first-order chi connectivity index (χ1) is 8.93. The Morgan fingerprint density at radius 1 is 1.32 bits per heavy atom. The fraction of sp³-hybridized carbons (Fsp3) is 0.625. The van der Waals surface area contributed by atoms with Crippen LogP contribution in [0.3, 0.4) is 0 Å². The molecule has 0 saturated carbocycles. The molecule has 1 aliphatic heterocycles. The highest BCUT2D eigenvalue weighted by Gasteiger charge is 2.30. The number of hydrogen-bond acceptors (Lipinski definition) is 3. The van der Waals surface area contributed by atoms with Crippen LogP contribution in [0, 0.1) is 37.0 Å². The SMILES string of the molecule is Cc1cc(N2CC(C)CC(C)C2C)c(C#N)c(C)n1. The predicted molar refractivity (Wildman–Crippen MR) is 78.2 cm³/mol. The first kappa shape index (κ1) is 13.9. The van der Waals surface area contributed by atoms with Crippen molar-refractivity contribution >= 4 is 5.69 Å². The molecule has 19 heavy (non-hydrogen) atoms. The number of aryl methyl sites for hydroxylation is 2. The molecule has 1 saturated heterocycles. The van der Waals surface area contributed by atoms with E-state index < -0.39 is 0 Å². The molecular weight excluding hydrogens is 234 g/mol. The molecule has 2 rings (SSSR count). The molecule has 102 valence electrons. The van der Waals surface area contributed by atoms with Gasteiger partial charge in [0.2, 0.25) is 0 Å². The lowest BCUT2D eigenvalue weighted by molar-refractivity contribution is 0.297. The number of hydrogen-bond donors (Lipinski definition) is 0. The standard InChI is InChI=1S/C16H23N3/c1-10-6-11(2)14(5)19(9-10)16-7-12(3)18-13(4)15(16)8-17/h7,10-11,14H,6,9H2,1-5H3. The van der Waals surface area contributed by atoms with Crippen LogP contribution in [0.15, 0.2) is 6.07 Å². The van der Waals surface area contributed by atoms with Gasteiger partial charge < -0.3 is 4.90 Å². The van der Waals surface area contributed by atoms with Crippen LogP contribution in [0.2, 0.25) is 0 Å². The van der Waals surface area contributed by atoms with Crippen molar-refractivity contribution in [1.29, 1.82) is 5.26 Å². The van der Waals surface area contributed by atoms with Crippen molar-refractivity contribution in [1.82, 2.24) is 4.98 Å². The zero-order valence-electron chi connectivity index (χ0n) is 12.6. The Hall–Kier alpha value is -1.56. The molecule has 3 unspecified atom stereocenters. The molecule has 3 atom stereocenters. The Morgan fingerprint density at radius 3 is 2.63 bits per heavy atom. The van der Waals surface area contributed by atoms with E-state index in [9.17, 15) is 5.26 Å². The summed E-state index contributed by atoms with van der Waals surface area (Å²) in [5, 5.41) is 9.42. The van der Waals surface area contributed by atoms with E-state index in [-0.39, 0.29) is 0 Å². The number of piperidine rings is 1. The predicted octanol–water partition coefficient (Wildman–Crippen LogP) is 3.44. The van der Waals surface area contributed by atoms with Crippen molar-refractivity contribution in [3.8, 4) is 6.07 Å². The topological polar surface area (TPSA) is 39.9 Å². The maximum Gasteiger partial charge on any atom is 0.103 e.